The fourth-order valence-corrected chi connectivity index (χ4v) is 3.36. The fourth-order valence-electron chi connectivity index (χ4n) is 1.43. The topological polar surface area (TPSA) is 46.2 Å². The van der Waals surface area contributed by atoms with Crippen molar-refractivity contribution < 1.29 is 9.00 Å². The van der Waals surface area contributed by atoms with Crippen LogP contribution >= 0.6 is 11.3 Å². The van der Waals surface area contributed by atoms with E-state index in [4.69, 9.17) is 0 Å². The second kappa shape index (κ2) is 6.47. The van der Waals surface area contributed by atoms with Crippen molar-refractivity contribution in [3.8, 4) is 0 Å². The molecule has 1 amide bonds. The van der Waals surface area contributed by atoms with Crippen molar-refractivity contribution in [2.45, 2.75) is 10.8 Å². The van der Waals surface area contributed by atoms with Crippen LogP contribution in [0.25, 0.3) is 0 Å². The monoisotopic (exact) mass is 279 g/mol. The molecule has 0 bridgehead atoms. The Kier molecular flexibility index (Phi) is 4.66. The van der Waals surface area contributed by atoms with Gasteiger partial charge in [-0.05, 0) is 17.0 Å². The number of carbonyl (C=O) groups is 1. The highest BCUT2D eigenvalue weighted by Gasteiger charge is 2.10. The maximum Gasteiger partial charge on any atom is 0.233 e. The predicted octanol–water partition coefficient (Wildman–Crippen LogP) is 2.17. The molecule has 1 aromatic carbocycles. The second-order valence-corrected chi connectivity index (χ2v) is 6.31. The van der Waals surface area contributed by atoms with E-state index in [0.717, 1.165) is 9.77 Å². The summed E-state index contributed by atoms with van der Waals surface area (Å²) in [6.07, 6.45) is 0. The Morgan fingerprint density at radius 1 is 1.17 bits per heavy atom. The lowest BCUT2D eigenvalue weighted by atomic mass is 10.2. The molecule has 18 heavy (non-hydrogen) atoms. The first kappa shape index (κ1) is 13.0. The van der Waals surface area contributed by atoms with Crippen molar-refractivity contribution in [1.29, 1.82) is 0 Å². The van der Waals surface area contributed by atoms with Gasteiger partial charge in [-0.1, -0.05) is 36.4 Å². The molecule has 0 fully saturated rings. The first-order valence-electron chi connectivity index (χ1n) is 5.48. The minimum Gasteiger partial charge on any atom is -0.351 e. The highest BCUT2D eigenvalue weighted by molar-refractivity contribution is 7.88. The molecule has 0 aliphatic rings. The van der Waals surface area contributed by atoms with Crippen LogP contribution in [0.2, 0.25) is 0 Å². The highest BCUT2D eigenvalue weighted by Crippen LogP contribution is 2.13. The standard InChI is InChI=1S/C13H13NO2S2/c15-12(10-18(16)13-7-4-8-17-13)14-9-11-5-2-1-3-6-11/h1-8H,9-10H2,(H,14,15). The first-order valence-corrected chi connectivity index (χ1v) is 7.68. The average molecular weight is 279 g/mol. The van der Waals surface area contributed by atoms with Crippen LogP contribution in [0.3, 0.4) is 0 Å². The number of nitrogens with one attached hydrogen (secondary N) is 1. The molecule has 0 aliphatic carbocycles. The minimum absolute atomic E-state index is 0.0212. The van der Waals surface area contributed by atoms with E-state index < -0.39 is 10.8 Å². The van der Waals surface area contributed by atoms with Crippen LogP contribution in [0.4, 0.5) is 0 Å². The number of thiophene rings is 1. The molecule has 1 atom stereocenters. The van der Waals surface area contributed by atoms with E-state index in [-0.39, 0.29) is 11.7 Å². The van der Waals surface area contributed by atoms with Crippen LogP contribution in [0.15, 0.2) is 52.1 Å². The summed E-state index contributed by atoms with van der Waals surface area (Å²) in [6.45, 7) is 0.474. The predicted molar refractivity (Wildman–Crippen MR) is 73.9 cm³/mol. The molecule has 2 rings (SSSR count). The maximum atomic E-state index is 11.8. The van der Waals surface area contributed by atoms with E-state index >= 15 is 0 Å². The molecule has 1 heterocycles. The van der Waals surface area contributed by atoms with Gasteiger partial charge in [0.05, 0.1) is 15.0 Å². The largest absolute Gasteiger partial charge is 0.351 e. The van der Waals surface area contributed by atoms with Gasteiger partial charge >= 0.3 is 0 Å². The zero-order chi connectivity index (χ0) is 12.8. The smallest absolute Gasteiger partial charge is 0.233 e. The fraction of sp³-hybridized carbons (Fsp3) is 0.154. The lowest BCUT2D eigenvalue weighted by Crippen LogP contribution is -2.27. The number of hydrogen-bond donors (Lipinski definition) is 1. The van der Waals surface area contributed by atoms with E-state index in [0.29, 0.717) is 6.54 Å². The maximum absolute atomic E-state index is 11.8. The summed E-state index contributed by atoms with van der Waals surface area (Å²) in [5, 5.41) is 4.62. The van der Waals surface area contributed by atoms with Crippen molar-refractivity contribution in [3.63, 3.8) is 0 Å². The van der Waals surface area contributed by atoms with Crippen molar-refractivity contribution >= 4 is 28.0 Å². The quantitative estimate of drug-likeness (QED) is 0.912. The molecule has 94 valence electrons. The van der Waals surface area contributed by atoms with Gasteiger partial charge in [0.2, 0.25) is 5.91 Å². The van der Waals surface area contributed by atoms with Crippen LogP contribution < -0.4 is 5.32 Å². The van der Waals surface area contributed by atoms with Crippen LogP contribution in [0.5, 0.6) is 0 Å². The SMILES string of the molecule is O=C(CS(=O)c1cccs1)NCc1ccccc1. The second-order valence-electron chi connectivity index (χ2n) is 3.68. The van der Waals surface area contributed by atoms with E-state index in [1.54, 1.807) is 6.07 Å². The van der Waals surface area contributed by atoms with Crippen LogP contribution in [-0.4, -0.2) is 15.9 Å². The summed E-state index contributed by atoms with van der Waals surface area (Å²) < 4.78 is 12.5. The first-order chi connectivity index (χ1) is 8.75. The van der Waals surface area contributed by atoms with Crippen LogP contribution in [0, 0.1) is 0 Å². The highest BCUT2D eigenvalue weighted by atomic mass is 32.2. The summed E-state index contributed by atoms with van der Waals surface area (Å²) in [5.74, 6) is -0.168. The Morgan fingerprint density at radius 3 is 2.61 bits per heavy atom. The van der Waals surface area contributed by atoms with Crippen molar-refractivity contribution in [2.24, 2.45) is 0 Å². The molecule has 0 spiro atoms. The Hall–Kier alpha value is -1.46. The Morgan fingerprint density at radius 2 is 1.94 bits per heavy atom. The van der Waals surface area contributed by atoms with E-state index in [2.05, 4.69) is 5.32 Å². The average Bonchev–Trinajstić information content (AvgIpc) is 2.91. The van der Waals surface area contributed by atoms with Gasteiger partial charge in [-0.3, -0.25) is 9.00 Å². The van der Waals surface area contributed by atoms with Crippen LogP contribution in [0.1, 0.15) is 5.56 Å². The summed E-state index contributed by atoms with van der Waals surface area (Å²) in [6, 6.07) is 13.3. The molecule has 0 saturated carbocycles. The third-order valence-corrected chi connectivity index (χ3v) is 4.93. The summed E-state index contributed by atoms with van der Waals surface area (Å²) in [7, 11) is -1.23. The van der Waals surface area contributed by atoms with Gasteiger partial charge < -0.3 is 5.32 Å². The van der Waals surface area contributed by atoms with Gasteiger partial charge in [-0.15, -0.1) is 11.3 Å². The Balaban J connectivity index is 1.81. The molecule has 0 saturated heterocycles. The molecular weight excluding hydrogens is 266 g/mol. The summed E-state index contributed by atoms with van der Waals surface area (Å²) in [4.78, 5) is 11.6. The Bertz CT molecular complexity index is 523. The van der Waals surface area contributed by atoms with Crippen molar-refractivity contribution in [3.05, 3.63) is 53.4 Å². The number of benzene rings is 1. The number of carbonyl (C=O) groups excluding carboxylic acids is 1. The van der Waals surface area contributed by atoms with E-state index in [1.165, 1.54) is 11.3 Å². The van der Waals surface area contributed by atoms with Gasteiger partial charge in [0.25, 0.3) is 0 Å². The van der Waals surface area contributed by atoms with Gasteiger partial charge in [0.15, 0.2) is 0 Å². The molecule has 1 N–H and O–H groups in total. The zero-order valence-corrected chi connectivity index (χ0v) is 11.3. The third-order valence-electron chi connectivity index (χ3n) is 2.31. The third kappa shape index (κ3) is 3.78. The Labute approximate surface area is 112 Å². The molecule has 3 nitrogen and oxygen atoms in total. The summed E-state index contributed by atoms with van der Waals surface area (Å²) >= 11 is 1.41. The van der Waals surface area contributed by atoms with E-state index in [1.807, 2.05) is 41.8 Å². The van der Waals surface area contributed by atoms with Gasteiger partial charge in [0.1, 0.15) is 5.75 Å². The minimum atomic E-state index is -1.23. The van der Waals surface area contributed by atoms with Gasteiger partial charge in [-0.2, -0.15) is 0 Å². The lowest BCUT2D eigenvalue weighted by molar-refractivity contribution is -0.118. The number of rotatable bonds is 5. The normalized spacial score (nSPS) is 12.0. The van der Waals surface area contributed by atoms with Gasteiger partial charge in [-0.25, -0.2) is 0 Å². The van der Waals surface area contributed by atoms with E-state index in [9.17, 15) is 9.00 Å². The lowest BCUT2D eigenvalue weighted by Gasteiger charge is -2.04. The molecule has 0 aliphatic heterocycles. The van der Waals surface area contributed by atoms with Crippen LogP contribution in [-0.2, 0) is 22.1 Å². The molecule has 5 heteroatoms. The molecule has 2 aromatic rings. The molecule has 1 aromatic heterocycles. The number of hydrogen-bond acceptors (Lipinski definition) is 3. The molecular formula is C13H13NO2S2. The number of amides is 1. The van der Waals surface area contributed by atoms with Crippen molar-refractivity contribution in [2.75, 3.05) is 5.75 Å². The molecule has 1 unspecified atom stereocenters. The zero-order valence-electron chi connectivity index (χ0n) is 9.67. The summed E-state index contributed by atoms with van der Waals surface area (Å²) in [5.41, 5.74) is 1.03. The van der Waals surface area contributed by atoms with Gasteiger partial charge in [0, 0.05) is 6.54 Å². The molecule has 0 radical (unpaired) electrons. The van der Waals surface area contributed by atoms with Crippen molar-refractivity contribution in [1.82, 2.24) is 5.32 Å².